The lowest BCUT2D eigenvalue weighted by atomic mass is 10.0. The van der Waals surface area contributed by atoms with E-state index in [4.69, 9.17) is 9.84 Å². The highest BCUT2D eigenvalue weighted by Crippen LogP contribution is 2.24. The van der Waals surface area contributed by atoms with Gasteiger partial charge >= 0.3 is 5.97 Å². The van der Waals surface area contributed by atoms with Crippen molar-refractivity contribution >= 4 is 21.1 Å². The molecule has 0 aliphatic heterocycles. The number of rotatable bonds is 7. The molecule has 7 nitrogen and oxygen atoms in total. The molecule has 0 radical (unpaired) electrons. The van der Waals surface area contributed by atoms with E-state index in [1.807, 2.05) is 0 Å². The number of aliphatic carboxylic acids is 1. The Kier molecular flexibility index (Phi) is 6.28. The van der Waals surface area contributed by atoms with Gasteiger partial charge in [0.1, 0.15) is 5.75 Å². The van der Waals surface area contributed by atoms with Gasteiger partial charge in [-0.2, -0.15) is 4.31 Å². The summed E-state index contributed by atoms with van der Waals surface area (Å²) in [6.07, 6.45) is -0.0203. The molecule has 23 heavy (non-hydrogen) atoms. The zero-order valence-electron chi connectivity index (χ0n) is 13.6. The lowest BCUT2D eigenvalue weighted by Gasteiger charge is -2.17. The number of hydrogen-bond acceptors (Lipinski definition) is 5. The van der Waals surface area contributed by atoms with E-state index in [1.54, 1.807) is 26.0 Å². The fourth-order valence-corrected chi connectivity index (χ4v) is 3.44. The SMILES string of the molecule is COc1cc(C)c(C(=O)S(=O)(=O)N(C)CCCC(=O)O)c(C)c1. The Labute approximate surface area is 135 Å². The predicted molar refractivity (Wildman–Crippen MR) is 85.2 cm³/mol. The Bertz CT molecular complexity index is 688. The second-order valence-electron chi connectivity index (χ2n) is 5.25. The number of methoxy groups -OCH3 is 1. The number of ether oxygens (including phenoxy) is 1. The summed E-state index contributed by atoms with van der Waals surface area (Å²) in [7, 11) is -1.44. The first-order valence-electron chi connectivity index (χ1n) is 6.99. The summed E-state index contributed by atoms with van der Waals surface area (Å²) in [5, 5.41) is 7.60. The van der Waals surface area contributed by atoms with Gasteiger partial charge < -0.3 is 9.84 Å². The summed E-state index contributed by atoms with van der Waals surface area (Å²) >= 11 is 0. The van der Waals surface area contributed by atoms with Gasteiger partial charge in [-0.1, -0.05) is 0 Å². The monoisotopic (exact) mass is 343 g/mol. The molecule has 0 aliphatic rings. The molecule has 0 bridgehead atoms. The Morgan fingerprint density at radius 3 is 2.17 bits per heavy atom. The van der Waals surface area contributed by atoms with Gasteiger partial charge in [0.2, 0.25) is 0 Å². The minimum atomic E-state index is -4.19. The number of sulfonamides is 1. The second-order valence-corrected chi connectivity index (χ2v) is 7.19. The molecule has 0 spiro atoms. The van der Waals surface area contributed by atoms with Crippen LogP contribution in [0.15, 0.2) is 12.1 Å². The van der Waals surface area contributed by atoms with E-state index in [2.05, 4.69) is 0 Å². The number of carbonyl (C=O) groups excluding carboxylic acids is 1. The molecule has 0 unspecified atom stereocenters. The molecule has 128 valence electrons. The van der Waals surface area contributed by atoms with Crippen molar-refractivity contribution in [2.75, 3.05) is 20.7 Å². The van der Waals surface area contributed by atoms with Crippen LogP contribution in [0, 0.1) is 13.8 Å². The Balaban J connectivity index is 3.05. The van der Waals surface area contributed by atoms with E-state index in [-0.39, 0.29) is 24.9 Å². The van der Waals surface area contributed by atoms with Crippen molar-refractivity contribution < 1.29 is 27.9 Å². The molecule has 0 saturated heterocycles. The molecule has 1 aromatic carbocycles. The average molecular weight is 343 g/mol. The molecule has 0 aromatic heterocycles. The number of carboxylic acid groups (broad SMARTS) is 1. The van der Waals surface area contributed by atoms with Crippen molar-refractivity contribution in [2.45, 2.75) is 26.7 Å². The van der Waals surface area contributed by atoms with Crippen molar-refractivity contribution in [2.24, 2.45) is 0 Å². The zero-order valence-corrected chi connectivity index (χ0v) is 14.4. The van der Waals surface area contributed by atoms with Gasteiger partial charge in [-0.05, 0) is 43.5 Å². The van der Waals surface area contributed by atoms with Crippen molar-refractivity contribution in [3.8, 4) is 5.75 Å². The number of carbonyl (C=O) groups is 2. The van der Waals surface area contributed by atoms with Crippen molar-refractivity contribution in [3.63, 3.8) is 0 Å². The van der Waals surface area contributed by atoms with Crippen LogP contribution in [0.1, 0.15) is 34.3 Å². The molecule has 0 saturated carbocycles. The Hall–Kier alpha value is -1.93. The zero-order chi connectivity index (χ0) is 17.8. The van der Waals surface area contributed by atoms with E-state index in [9.17, 15) is 18.0 Å². The molecular weight excluding hydrogens is 322 g/mol. The van der Waals surface area contributed by atoms with E-state index >= 15 is 0 Å². The van der Waals surface area contributed by atoms with Crippen LogP contribution in [-0.2, 0) is 14.8 Å². The third kappa shape index (κ3) is 4.52. The molecule has 1 N–H and O–H groups in total. The molecule has 0 fully saturated rings. The molecule has 0 atom stereocenters. The summed E-state index contributed by atoms with van der Waals surface area (Å²) in [5.41, 5.74) is 1.14. The van der Waals surface area contributed by atoms with Gasteiger partial charge in [-0.15, -0.1) is 0 Å². The normalized spacial score (nSPS) is 11.5. The maximum atomic E-state index is 12.5. The topological polar surface area (TPSA) is 101 Å². The average Bonchev–Trinajstić information content (AvgIpc) is 2.45. The van der Waals surface area contributed by atoms with Crippen LogP contribution in [0.25, 0.3) is 0 Å². The number of benzene rings is 1. The van der Waals surface area contributed by atoms with Gasteiger partial charge in [-0.25, -0.2) is 8.42 Å². The summed E-state index contributed by atoms with van der Waals surface area (Å²) in [5.74, 6) is -0.465. The van der Waals surface area contributed by atoms with Gasteiger partial charge in [0.05, 0.1) is 7.11 Å². The molecule has 0 amide bonds. The van der Waals surface area contributed by atoms with Crippen LogP contribution in [0.2, 0.25) is 0 Å². The van der Waals surface area contributed by atoms with Crippen LogP contribution in [0.5, 0.6) is 5.75 Å². The second kappa shape index (κ2) is 7.56. The highest BCUT2D eigenvalue weighted by atomic mass is 32.2. The molecule has 8 heteroatoms. The maximum Gasteiger partial charge on any atom is 0.303 e. The maximum absolute atomic E-state index is 12.5. The van der Waals surface area contributed by atoms with E-state index in [1.165, 1.54) is 14.2 Å². The van der Waals surface area contributed by atoms with Gasteiger partial charge in [0, 0.05) is 25.6 Å². The van der Waals surface area contributed by atoms with Crippen LogP contribution in [0.4, 0.5) is 0 Å². The fourth-order valence-electron chi connectivity index (χ4n) is 2.21. The Morgan fingerprint density at radius 2 is 1.74 bits per heavy atom. The summed E-state index contributed by atoms with van der Waals surface area (Å²) in [6.45, 7) is 3.25. The predicted octanol–water partition coefficient (Wildman–Crippen LogP) is 1.58. The smallest absolute Gasteiger partial charge is 0.303 e. The first-order valence-corrected chi connectivity index (χ1v) is 8.43. The largest absolute Gasteiger partial charge is 0.497 e. The highest BCUT2D eigenvalue weighted by molar-refractivity contribution is 8.04. The number of hydrogen-bond donors (Lipinski definition) is 1. The minimum Gasteiger partial charge on any atom is -0.497 e. The molecule has 0 heterocycles. The van der Waals surface area contributed by atoms with Crippen LogP contribution in [-0.4, -0.2) is 49.6 Å². The quantitative estimate of drug-likeness (QED) is 0.806. The standard InChI is InChI=1S/C15H21NO6S/c1-10-8-12(22-4)9-11(2)14(10)15(19)23(20,21)16(3)7-5-6-13(17)18/h8-9H,5-7H2,1-4H3,(H,17,18). The lowest BCUT2D eigenvalue weighted by molar-refractivity contribution is -0.137. The summed E-state index contributed by atoms with van der Waals surface area (Å²) in [6, 6.07) is 3.19. The van der Waals surface area contributed by atoms with Gasteiger partial charge in [-0.3, -0.25) is 9.59 Å². The minimum absolute atomic E-state index is 0.0331. The van der Waals surface area contributed by atoms with Crippen LogP contribution < -0.4 is 4.74 Å². The van der Waals surface area contributed by atoms with E-state index in [0.717, 1.165) is 4.31 Å². The summed E-state index contributed by atoms with van der Waals surface area (Å²) in [4.78, 5) is 22.9. The molecule has 0 aliphatic carbocycles. The number of carboxylic acids is 1. The van der Waals surface area contributed by atoms with E-state index < -0.39 is 21.1 Å². The van der Waals surface area contributed by atoms with Crippen LogP contribution in [0.3, 0.4) is 0 Å². The molecule has 1 aromatic rings. The first kappa shape index (κ1) is 19.1. The van der Waals surface area contributed by atoms with E-state index in [0.29, 0.717) is 16.9 Å². The third-order valence-corrected chi connectivity index (χ3v) is 5.13. The lowest BCUT2D eigenvalue weighted by Crippen LogP contribution is -2.34. The van der Waals surface area contributed by atoms with Gasteiger partial charge in [0.15, 0.2) is 0 Å². The van der Waals surface area contributed by atoms with Crippen LogP contribution >= 0.6 is 0 Å². The fraction of sp³-hybridized carbons (Fsp3) is 0.467. The Morgan fingerprint density at radius 1 is 1.22 bits per heavy atom. The van der Waals surface area contributed by atoms with Crippen molar-refractivity contribution in [3.05, 3.63) is 28.8 Å². The highest BCUT2D eigenvalue weighted by Gasteiger charge is 2.31. The molecule has 1 rings (SSSR count). The first-order chi connectivity index (χ1) is 10.6. The molecular formula is C15H21NO6S. The number of nitrogens with zero attached hydrogens (tertiary/aromatic N) is 1. The summed E-state index contributed by atoms with van der Waals surface area (Å²) < 4.78 is 30.7. The van der Waals surface area contributed by atoms with Gasteiger partial charge in [0.25, 0.3) is 15.1 Å². The third-order valence-electron chi connectivity index (χ3n) is 3.45. The van der Waals surface area contributed by atoms with Crippen molar-refractivity contribution in [1.82, 2.24) is 4.31 Å². The van der Waals surface area contributed by atoms with Crippen molar-refractivity contribution in [1.29, 1.82) is 0 Å². The number of aryl methyl sites for hydroxylation is 2.